The summed E-state index contributed by atoms with van der Waals surface area (Å²) in [5.74, 6) is -1.47. The van der Waals surface area contributed by atoms with Crippen molar-refractivity contribution in [2.75, 3.05) is 26.2 Å². The van der Waals surface area contributed by atoms with Crippen molar-refractivity contribution in [3.63, 3.8) is 0 Å². The molecule has 0 aromatic heterocycles. The van der Waals surface area contributed by atoms with Crippen LogP contribution >= 0.6 is 0 Å². The van der Waals surface area contributed by atoms with Gasteiger partial charge in [-0.2, -0.15) is 0 Å². The van der Waals surface area contributed by atoms with Crippen LogP contribution in [0.25, 0.3) is 0 Å². The summed E-state index contributed by atoms with van der Waals surface area (Å²) >= 11 is 0. The highest BCUT2D eigenvalue weighted by molar-refractivity contribution is 5.29. The Balaban J connectivity index is 2.37. The molecule has 1 aliphatic rings. The van der Waals surface area contributed by atoms with Crippen molar-refractivity contribution in [2.24, 2.45) is 0 Å². The molecule has 0 spiro atoms. The third-order valence-corrected chi connectivity index (χ3v) is 3.65. The van der Waals surface area contributed by atoms with Crippen LogP contribution in [-0.4, -0.2) is 37.5 Å². The molecule has 0 unspecified atom stereocenters. The summed E-state index contributed by atoms with van der Waals surface area (Å²) in [6.07, 6.45) is -3.16. The third-order valence-electron chi connectivity index (χ3n) is 3.65. The maximum Gasteiger partial charge on any atom is 0.240 e. The Kier molecular flexibility index (Phi) is 4.99. The minimum atomic E-state index is -2.60. The Hall–Kier alpha value is -1.14. The number of nitrogens with one attached hydrogen (secondary N) is 1. The van der Waals surface area contributed by atoms with E-state index in [9.17, 15) is 17.6 Å². The van der Waals surface area contributed by atoms with E-state index in [0.717, 1.165) is 6.07 Å². The quantitative estimate of drug-likeness (QED) is 0.858. The van der Waals surface area contributed by atoms with E-state index in [0.29, 0.717) is 26.2 Å². The summed E-state index contributed by atoms with van der Waals surface area (Å²) < 4.78 is 53.8. The SMILES string of the molecule is Cc1ccc(F)c([C@H](CC(F)F)N2CCNCC2)c1F. The third kappa shape index (κ3) is 3.30. The summed E-state index contributed by atoms with van der Waals surface area (Å²) in [6, 6.07) is 1.55. The summed E-state index contributed by atoms with van der Waals surface area (Å²) in [5.41, 5.74) is 0.0444. The van der Waals surface area contributed by atoms with Crippen molar-refractivity contribution in [3.05, 3.63) is 34.9 Å². The van der Waals surface area contributed by atoms with Gasteiger partial charge in [-0.3, -0.25) is 4.90 Å². The number of rotatable bonds is 4. The smallest absolute Gasteiger partial charge is 0.240 e. The first-order chi connectivity index (χ1) is 9.50. The second kappa shape index (κ2) is 6.54. The van der Waals surface area contributed by atoms with Crippen molar-refractivity contribution in [1.82, 2.24) is 10.2 Å². The molecule has 1 fully saturated rings. The van der Waals surface area contributed by atoms with Gasteiger partial charge >= 0.3 is 0 Å². The lowest BCUT2D eigenvalue weighted by Gasteiger charge is -2.35. The first-order valence-electron chi connectivity index (χ1n) is 6.68. The Morgan fingerprint density at radius 1 is 1.20 bits per heavy atom. The molecule has 1 aliphatic heterocycles. The molecule has 0 amide bonds. The van der Waals surface area contributed by atoms with E-state index in [1.807, 2.05) is 0 Å². The molecule has 1 atom stereocenters. The molecule has 0 bridgehead atoms. The first-order valence-corrected chi connectivity index (χ1v) is 6.68. The van der Waals surface area contributed by atoms with Crippen LogP contribution < -0.4 is 5.32 Å². The van der Waals surface area contributed by atoms with Gasteiger partial charge in [-0.05, 0) is 18.6 Å². The van der Waals surface area contributed by atoms with Gasteiger partial charge in [0, 0.05) is 44.2 Å². The molecule has 6 heteroatoms. The molecule has 20 heavy (non-hydrogen) atoms. The summed E-state index contributed by atoms with van der Waals surface area (Å²) in [6.45, 7) is 3.79. The van der Waals surface area contributed by atoms with Gasteiger partial charge in [0.05, 0.1) is 0 Å². The number of nitrogens with zero attached hydrogens (tertiary/aromatic N) is 1. The summed E-state index contributed by atoms with van der Waals surface area (Å²) in [5, 5.41) is 3.10. The van der Waals surface area contributed by atoms with Gasteiger partial charge in [0.1, 0.15) is 11.6 Å². The molecular weight excluding hydrogens is 272 g/mol. The lowest BCUT2D eigenvalue weighted by molar-refractivity contribution is 0.0709. The normalized spacial score (nSPS) is 18.5. The minimum Gasteiger partial charge on any atom is -0.314 e. The molecule has 1 aromatic carbocycles. The lowest BCUT2D eigenvalue weighted by atomic mass is 9.98. The second-order valence-corrected chi connectivity index (χ2v) is 5.02. The largest absolute Gasteiger partial charge is 0.314 e. The molecular formula is C14H18F4N2. The average Bonchev–Trinajstić information content (AvgIpc) is 2.43. The fourth-order valence-corrected chi connectivity index (χ4v) is 2.60. The predicted octanol–water partition coefficient (Wildman–Crippen LogP) is 2.87. The molecule has 2 rings (SSSR count). The average molecular weight is 290 g/mol. The van der Waals surface area contributed by atoms with Crippen LogP contribution in [0.2, 0.25) is 0 Å². The van der Waals surface area contributed by atoms with Crippen LogP contribution in [-0.2, 0) is 0 Å². The highest BCUT2D eigenvalue weighted by atomic mass is 19.3. The zero-order valence-electron chi connectivity index (χ0n) is 11.3. The van der Waals surface area contributed by atoms with Crippen LogP contribution in [0.5, 0.6) is 0 Å². The van der Waals surface area contributed by atoms with Crippen LogP contribution in [0.3, 0.4) is 0 Å². The van der Waals surface area contributed by atoms with E-state index in [2.05, 4.69) is 5.32 Å². The topological polar surface area (TPSA) is 15.3 Å². The predicted molar refractivity (Wildman–Crippen MR) is 68.9 cm³/mol. The zero-order chi connectivity index (χ0) is 14.7. The molecule has 0 radical (unpaired) electrons. The van der Waals surface area contributed by atoms with Crippen molar-refractivity contribution < 1.29 is 17.6 Å². The summed E-state index contributed by atoms with van der Waals surface area (Å²) in [7, 11) is 0. The Morgan fingerprint density at radius 2 is 1.85 bits per heavy atom. The maximum atomic E-state index is 14.2. The van der Waals surface area contributed by atoms with Gasteiger partial charge in [-0.1, -0.05) is 6.07 Å². The van der Waals surface area contributed by atoms with E-state index < -0.39 is 30.5 Å². The molecule has 1 aromatic rings. The van der Waals surface area contributed by atoms with Crippen LogP contribution in [0.4, 0.5) is 17.6 Å². The molecule has 1 N–H and O–H groups in total. The van der Waals surface area contributed by atoms with E-state index in [-0.39, 0.29) is 11.1 Å². The Labute approximate surface area is 115 Å². The maximum absolute atomic E-state index is 14.2. The zero-order valence-corrected chi connectivity index (χ0v) is 11.3. The number of hydrogen-bond donors (Lipinski definition) is 1. The number of aryl methyl sites for hydroxylation is 1. The fourth-order valence-electron chi connectivity index (χ4n) is 2.60. The first kappa shape index (κ1) is 15.3. The lowest BCUT2D eigenvalue weighted by Crippen LogP contribution is -2.46. The number of piperazine rings is 1. The molecule has 2 nitrogen and oxygen atoms in total. The van der Waals surface area contributed by atoms with Gasteiger partial charge < -0.3 is 5.32 Å². The van der Waals surface area contributed by atoms with E-state index in [1.165, 1.54) is 13.0 Å². The highest BCUT2D eigenvalue weighted by Crippen LogP contribution is 2.32. The highest BCUT2D eigenvalue weighted by Gasteiger charge is 2.30. The van der Waals surface area contributed by atoms with E-state index in [1.54, 1.807) is 4.90 Å². The van der Waals surface area contributed by atoms with Gasteiger partial charge in [0.25, 0.3) is 0 Å². The van der Waals surface area contributed by atoms with Crippen LogP contribution in [0.1, 0.15) is 23.6 Å². The fraction of sp³-hybridized carbons (Fsp3) is 0.571. The Bertz CT molecular complexity index is 459. The van der Waals surface area contributed by atoms with Crippen molar-refractivity contribution in [3.8, 4) is 0 Å². The molecule has 0 aliphatic carbocycles. The van der Waals surface area contributed by atoms with Gasteiger partial charge in [0.2, 0.25) is 6.43 Å². The second-order valence-electron chi connectivity index (χ2n) is 5.02. The number of halogens is 4. The molecule has 1 saturated heterocycles. The van der Waals surface area contributed by atoms with Crippen LogP contribution in [0.15, 0.2) is 12.1 Å². The molecule has 0 saturated carbocycles. The van der Waals surface area contributed by atoms with Crippen molar-refractivity contribution in [2.45, 2.75) is 25.8 Å². The van der Waals surface area contributed by atoms with Crippen LogP contribution in [0, 0.1) is 18.6 Å². The number of benzene rings is 1. The van der Waals surface area contributed by atoms with Crippen molar-refractivity contribution in [1.29, 1.82) is 0 Å². The van der Waals surface area contributed by atoms with E-state index >= 15 is 0 Å². The van der Waals surface area contributed by atoms with Crippen molar-refractivity contribution >= 4 is 0 Å². The standard InChI is InChI=1S/C14H18F4N2/c1-9-2-3-10(15)13(14(9)18)11(8-12(16)17)20-6-4-19-5-7-20/h2-3,11-12,19H,4-8H2,1H3/t11-/m0/s1. The molecule has 1 heterocycles. The number of alkyl halides is 2. The van der Waals surface area contributed by atoms with Gasteiger partial charge in [0.15, 0.2) is 0 Å². The van der Waals surface area contributed by atoms with Gasteiger partial charge in [-0.25, -0.2) is 17.6 Å². The monoisotopic (exact) mass is 290 g/mol. The summed E-state index contributed by atoms with van der Waals surface area (Å²) in [4.78, 5) is 1.73. The van der Waals surface area contributed by atoms with Gasteiger partial charge in [-0.15, -0.1) is 0 Å². The minimum absolute atomic E-state index is 0.229. The molecule has 112 valence electrons. The Morgan fingerprint density at radius 3 is 2.45 bits per heavy atom. The number of hydrogen-bond acceptors (Lipinski definition) is 2. The van der Waals surface area contributed by atoms with E-state index in [4.69, 9.17) is 0 Å².